The average Bonchev–Trinajstić information content (AvgIpc) is 2.44. The van der Waals surface area contributed by atoms with Gasteiger partial charge < -0.3 is 4.74 Å². The summed E-state index contributed by atoms with van der Waals surface area (Å²) in [7, 11) is 0. The smallest absolute Gasteiger partial charge is 0.159 e. The molecule has 1 aromatic carbocycles. The molecule has 0 spiro atoms. The number of morpholine rings is 1. The number of hydrogen-bond acceptors (Lipinski definition) is 4. The molecule has 1 aromatic rings. The standard InChI is InChI=1S/C14H21F2N3O/c1-2-5-19-6-7-20-13(9-19)14(18-17)10-3-4-11(15)12(16)8-10/h3-4,8,13-14,18H,2,5-7,9,17H2,1H3. The molecule has 112 valence electrons. The Morgan fingerprint density at radius 1 is 1.45 bits per heavy atom. The minimum absolute atomic E-state index is 0.176. The van der Waals surface area contributed by atoms with Crippen LogP contribution in [0.25, 0.3) is 0 Å². The Bertz CT molecular complexity index is 442. The Morgan fingerprint density at radius 3 is 2.90 bits per heavy atom. The summed E-state index contributed by atoms with van der Waals surface area (Å²) in [4.78, 5) is 2.29. The average molecular weight is 285 g/mol. The molecule has 6 heteroatoms. The van der Waals surface area contributed by atoms with E-state index < -0.39 is 11.6 Å². The number of rotatable bonds is 5. The molecule has 1 heterocycles. The van der Waals surface area contributed by atoms with E-state index in [0.29, 0.717) is 12.2 Å². The zero-order valence-electron chi connectivity index (χ0n) is 11.6. The molecule has 0 radical (unpaired) electrons. The molecule has 2 unspecified atom stereocenters. The third-order valence-electron chi connectivity index (χ3n) is 3.57. The van der Waals surface area contributed by atoms with Gasteiger partial charge in [0.15, 0.2) is 11.6 Å². The lowest BCUT2D eigenvalue weighted by molar-refractivity contribution is -0.0471. The van der Waals surface area contributed by atoms with Crippen molar-refractivity contribution in [1.82, 2.24) is 10.3 Å². The number of nitrogens with two attached hydrogens (primary N) is 1. The summed E-state index contributed by atoms with van der Waals surface area (Å²) in [6.07, 6.45) is 0.892. The van der Waals surface area contributed by atoms with E-state index in [1.165, 1.54) is 12.1 Å². The first-order chi connectivity index (χ1) is 9.65. The van der Waals surface area contributed by atoms with Crippen molar-refractivity contribution in [2.45, 2.75) is 25.5 Å². The summed E-state index contributed by atoms with van der Waals surface area (Å²) in [5.74, 6) is 3.85. The van der Waals surface area contributed by atoms with Gasteiger partial charge in [-0.3, -0.25) is 16.2 Å². The molecule has 0 bridgehead atoms. The molecule has 2 rings (SSSR count). The first-order valence-corrected chi connectivity index (χ1v) is 6.90. The second-order valence-corrected chi connectivity index (χ2v) is 5.03. The van der Waals surface area contributed by atoms with Crippen LogP contribution >= 0.6 is 0 Å². The van der Waals surface area contributed by atoms with Crippen molar-refractivity contribution >= 4 is 0 Å². The van der Waals surface area contributed by atoms with E-state index in [1.54, 1.807) is 0 Å². The minimum Gasteiger partial charge on any atom is -0.374 e. The molecule has 20 heavy (non-hydrogen) atoms. The number of nitrogens with one attached hydrogen (secondary N) is 1. The Hall–Kier alpha value is -1.08. The number of nitrogens with zero attached hydrogens (tertiary/aromatic N) is 1. The Labute approximate surface area is 117 Å². The van der Waals surface area contributed by atoms with Crippen LogP contribution in [0.1, 0.15) is 24.9 Å². The fourth-order valence-electron chi connectivity index (χ4n) is 2.58. The molecule has 1 fully saturated rings. The lowest BCUT2D eigenvalue weighted by Crippen LogP contribution is -2.49. The summed E-state index contributed by atoms with van der Waals surface area (Å²) < 4.78 is 32.1. The quantitative estimate of drug-likeness (QED) is 0.637. The molecule has 0 saturated carbocycles. The van der Waals surface area contributed by atoms with Crippen LogP contribution in [0.5, 0.6) is 0 Å². The largest absolute Gasteiger partial charge is 0.374 e. The van der Waals surface area contributed by atoms with Gasteiger partial charge in [0.05, 0.1) is 18.8 Å². The zero-order chi connectivity index (χ0) is 14.5. The van der Waals surface area contributed by atoms with Crippen LogP contribution in [0.4, 0.5) is 8.78 Å². The van der Waals surface area contributed by atoms with Crippen LogP contribution in [-0.4, -0.2) is 37.2 Å². The predicted molar refractivity (Wildman–Crippen MR) is 72.9 cm³/mol. The molecule has 0 amide bonds. The fourth-order valence-corrected chi connectivity index (χ4v) is 2.58. The highest BCUT2D eigenvalue weighted by Crippen LogP contribution is 2.23. The lowest BCUT2D eigenvalue weighted by atomic mass is 10.00. The van der Waals surface area contributed by atoms with Gasteiger partial charge in [0, 0.05) is 13.1 Å². The van der Waals surface area contributed by atoms with Crippen LogP contribution in [0.2, 0.25) is 0 Å². The molecule has 1 saturated heterocycles. The van der Waals surface area contributed by atoms with Crippen molar-refractivity contribution < 1.29 is 13.5 Å². The highest BCUT2D eigenvalue weighted by Gasteiger charge is 2.28. The Balaban J connectivity index is 2.12. The number of hydrazine groups is 1. The third kappa shape index (κ3) is 3.52. The lowest BCUT2D eigenvalue weighted by Gasteiger charge is -2.36. The summed E-state index contributed by atoms with van der Waals surface area (Å²) >= 11 is 0. The van der Waals surface area contributed by atoms with Crippen molar-refractivity contribution in [2.75, 3.05) is 26.2 Å². The monoisotopic (exact) mass is 285 g/mol. The summed E-state index contributed by atoms with van der Waals surface area (Å²) in [5, 5.41) is 0. The third-order valence-corrected chi connectivity index (χ3v) is 3.57. The number of ether oxygens (including phenoxy) is 1. The van der Waals surface area contributed by atoms with Gasteiger partial charge in [0.1, 0.15) is 0 Å². The summed E-state index contributed by atoms with van der Waals surface area (Å²) in [6, 6.07) is 3.46. The van der Waals surface area contributed by atoms with Gasteiger partial charge in [-0.15, -0.1) is 0 Å². The minimum atomic E-state index is -0.871. The Kier molecular flexibility index (Phi) is 5.42. The number of halogens is 2. The van der Waals surface area contributed by atoms with E-state index in [-0.39, 0.29) is 12.1 Å². The van der Waals surface area contributed by atoms with Crippen molar-refractivity contribution in [3.63, 3.8) is 0 Å². The van der Waals surface area contributed by atoms with Crippen LogP contribution in [0, 0.1) is 11.6 Å². The molecular formula is C14H21F2N3O. The maximum absolute atomic E-state index is 13.3. The van der Waals surface area contributed by atoms with Gasteiger partial charge in [-0.1, -0.05) is 13.0 Å². The van der Waals surface area contributed by atoms with Crippen LogP contribution < -0.4 is 11.3 Å². The molecule has 4 nitrogen and oxygen atoms in total. The molecule has 0 aliphatic carbocycles. The second-order valence-electron chi connectivity index (χ2n) is 5.03. The summed E-state index contributed by atoms with van der Waals surface area (Å²) in [6.45, 7) is 5.35. The molecule has 3 N–H and O–H groups in total. The first kappa shape index (κ1) is 15.3. The summed E-state index contributed by atoms with van der Waals surface area (Å²) in [5.41, 5.74) is 3.25. The number of benzene rings is 1. The predicted octanol–water partition coefficient (Wildman–Crippen LogP) is 1.58. The van der Waals surface area contributed by atoms with E-state index in [4.69, 9.17) is 10.6 Å². The van der Waals surface area contributed by atoms with E-state index >= 15 is 0 Å². The van der Waals surface area contributed by atoms with Gasteiger partial charge in [-0.05, 0) is 30.7 Å². The topological polar surface area (TPSA) is 50.5 Å². The van der Waals surface area contributed by atoms with E-state index in [1.807, 2.05) is 0 Å². The van der Waals surface area contributed by atoms with Crippen LogP contribution in [-0.2, 0) is 4.74 Å². The molecule has 1 aliphatic rings. The fraction of sp³-hybridized carbons (Fsp3) is 0.571. The van der Waals surface area contributed by atoms with Crippen LogP contribution in [0.3, 0.4) is 0 Å². The molecular weight excluding hydrogens is 264 g/mol. The van der Waals surface area contributed by atoms with E-state index in [0.717, 1.165) is 32.1 Å². The highest BCUT2D eigenvalue weighted by molar-refractivity contribution is 5.22. The van der Waals surface area contributed by atoms with Gasteiger partial charge in [0.25, 0.3) is 0 Å². The molecule has 2 atom stereocenters. The first-order valence-electron chi connectivity index (χ1n) is 6.90. The molecule has 1 aliphatic heterocycles. The zero-order valence-corrected chi connectivity index (χ0v) is 11.6. The van der Waals surface area contributed by atoms with Gasteiger partial charge >= 0.3 is 0 Å². The highest BCUT2D eigenvalue weighted by atomic mass is 19.2. The normalized spacial score (nSPS) is 21.9. The van der Waals surface area contributed by atoms with E-state index in [9.17, 15) is 8.78 Å². The Morgan fingerprint density at radius 2 is 2.25 bits per heavy atom. The maximum atomic E-state index is 13.3. The van der Waals surface area contributed by atoms with Crippen molar-refractivity contribution in [3.05, 3.63) is 35.4 Å². The van der Waals surface area contributed by atoms with Crippen LogP contribution in [0.15, 0.2) is 18.2 Å². The van der Waals surface area contributed by atoms with Crippen molar-refractivity contribution in [3.8, 4) is 0 Å². The SMILES string of the molecule is CCCN1CCOC(C(NN)c2ccc(F)c(F)c2)C1. The van der Waals surface area contributed by atoms with Crippen molar-refractivity contribution in [1.29, 1.82) is 0 Å². The van der Waals surface area contributed by atoms with Gasteiger partial charge in [0.2, 0.25) is 0 Å². The number of hydrogen-bond donors (Lipinski definition) is 2. The molecule has 0 aromatic heterocycles. The van der Waals surface area contributed by atoms with Crippen molar-refractivity contribution in [2.24, 2.45) is 5.84 Å². The second kappa shape index (κ2) is 7.08. The van der Waals surface area contributed by atoms with E-state index in [2.05, 4.69) is 17.2 Å². The van der Waals surface area contributed by atoms with Gasteiger partial charge in [-0.2, -0.15) is 0 Å². The van der Waals surface area contributed by atoms with Gasteiger partial charge in [-0.25, -0.2) is 8.78 Å². The maximum Gasteiger partial charge on any atom is 0.159 e.